The predicted octanol–water partition coefficient (Wildman–Crippen LogP) is 4.71. The van der Waals surface area contributed by atoms with Gasteiger partial charge in [0.1, 0.15) is 0 Å². The van der Waals surface area contributed by atoms with E-state index in [9.17, 15) is 24.1 Å². The van der Waals surface area contributed by atoms with Crippen LogP contribution < -0.4 is 10.2 Å². The molecule has 1 aliphatic heterocycles. The van der Waals surface area contributed by atoms with Crippen LogP contribution in [-0.4, -0.2) is 23.3 Å². The molecule has 2 aromatic carbocycles. The third-order valence-electron chi connectivity index (χ3n) is 5.25. The van der Waals surface area contributed by atoms with Crippen LogP contribution in [0.4, 0.5) is 15.8 Å². The van der Waals surface area contributed by atoms with Crippen molar-refractivity contribution >= 4 is 46.1 Å². The van der Waals surface area contributed by atoms with Crippen LogP contribution in [0.3, 0.4) is 0 Å². The van der Waals surface area contributed by atoms with Crippen LogP contribution in [0, 0.1) is 21.8 Å². The first kappa shape index (κ1) is 21.9. The molecule has 3 aromatic rings. The first-order chi connectivity index (χ1) is 15.3. The summed E-state index contributed by atoms with van der Waals surface area (Å²) < 4.78 is 13.7. The SMILES string of the molecule is O=C(NC(c1ccc(Cl)cc1)c1cccs1)C1CC(=O)N(c2ccc(F)c([N+](=O)[O-])c2)C1. The van der Waals surface area contributed by atoms with E-state index < -0.39 is 28.4 Å². The first-order valence-electron chi connectivity index (χ1n) is 9.67. The Morgan fingerprint density at radius 3 is 2.66 bits per heavy atom. The van der Waals surface area contributed by atoms with Crippen molar-refractivity contribution < 1.29 is 18.9 Å². The quantitative estimate of drug-likeness (QED) is 0.414. The smallest absolute Gasteiger partial charge is 0.306 e. The summed E-state index contributed by atoms with van der Waals surface area (Å²) in [6, 6.07) is 13.8. The molecule has 0 radical (unpaired) electrons. The summed E-state index contributed by atoms with van der Waals surface area (Å²) in [5.41, 5.74) is 0.315. The van der Waals surface area contributed by atoms with Gasteiger partial charge >= 0.3 is 5.69 Å². The van der Waals surface area contributed by atoms with E-state index >= 15 is 0 Å². The second-order valence-corrected chi connectivity index (χ2v) is 8.72. The van der Waals surface area contributed by atoms with E-state index in [4.69, 9.17) is 11.6 Å². The van der Waals surface area contributed by atoms with Crippen molar-refractivity contribution in [3.05, 3.63) is 91.4 Å². The Hall–Kier alpha value is -3.30. The Morgan fingerprint density at radius 2 is 2.00 bits per heavy atom. The van der Waals surface area contributed by atoms with E-state index in [0.29, 0.717) is 5.02 Å². The third kappa shape index (κ3) is 4.49. The summed E-state index contributed by atoms with van der Waals surface area (Å²) in [7, 11) is 0. The van der Waals surface area contributed by atoms with Gasteiger partial charge in [-0.1, -0.05) is 29.8 Å². The zero-order valence-electron chi connectivity index (χ0n) is 16.5. The average molecular weight is 474 g/mol. The molecule has 2 heterocycles. The second-order valence-electron chi connectivity index (χ2n) is 7.31. The molecule has 2 unspecified atom stereocenters. The number of thiophene rings is 1. The number of rotatable bonds is 6. The number of carbonyl (C=O) groups excluding carboxylic acids is 2. The Morgan fingerprint density at radius 1 is 1.25 bits per heavy atom. The molecule has 1 fully saturated rings. The van der Waals surface area contributed by atoms with Gasteiger partial charge in [0.2, 0.25) is 17.6 Å². The fourth-order valence-electron chi connectivity index (χ4n) is 3.63. The molecule has 0 bridgehead atoms. The maximum Gasteiger partial charge on any atom is 0.306 e. The van der Waals surface area contributed by atoms with Crippen molar-refractivity contribution in [3.63, 3.8) is 0 Å². The normalized spacial score (nSPS) is 16.8. The fraction of sp³-hybridized carbons (Fsp3) is 0.182. The van der Waals surface area contributed by atoms with E-state index in [-0.39, 0.29) is 30.5 Å². The summed E-state index contributed by atoms with van der Waals surface area (Å²) >= 11 is 7.48. The van der Waals surface area contributed by atoms with Crippen LogP contribution in [-0.2, 0) is 9.59 Å². The lowest BCUT2D eigenvalue weighted by Crippen LogP contribution is -2.35. The van der Waals surface area contributed by atoms with E-state index in [1.165, 1.54) is 22.3 Å². The number of benzene rings is 2. The number of amides is 2. The van der Waals surface area contributed by atoms with Gasteiger partial charge in [-0.05, 0) is 41.3 Å². The van der Waals surface area contributed by atoms with Gasteiger partial charge in [-0.3, -0.25) is 19.7 Å². The molecule has 1 saturated heterocycles. The molecule has 0 saturated carbocycles. The monoisotopic (exact) mass is 473 g/mol. The van der Waals surface area contributed by atoms with Gasteiger partial charge in [0.15, 0.2) is 0 Å². The van der Waals surface area contributed by atoms with Gasteiger partial charge < -0.3 is 10.2 Å². The summed E-state index contributed by atoms with van der Waals surface area (Å²) in [4.78, 5) is 38.0. The number of nitro benzene ring substituents is 1. The molecular formula is C22H17ClFN3O4S. The van der Waals surface area contributed by atoms with Gasteiger partial charge in [-0.15, -0.1) is 11.3 Å². The maximum atomic E-state index is 13.7. The Kier molecular flexibility index (Phi) is 6.20. The number of nitrogens with one attached hydrogen (secondary N) is 1. The molecule has 164 valence electrons. The van der Waals surface area contributed by atoms with Crippen LogP contribution in [0.2, 0.25) is 5.02 Å². The third-order valence-corrected chi connectivity index (χ3v) is 6.44. The highest BCUT2D eigenvalue weighted by molar-refractivity contribution is 7.10. The number of hydrogen-bond acceptors (Lipinski definition) is 5. The molecular weight excluding hydrogens is 457 g/mol. The van der Waals surface area contributed by atoms with Crippen LogP contribution in [0.5, 0.6) is 0 Å². The summed E-state index contributed by atoms with van der Waals surface area (Å²) in [5, 5.41) is 16.5. The predicted molar refractivity (Wildman–Crippen MR) is 119 cm³/mol. The molecule has 1 aliphatic rings. The molecule has 7 nitrogen and oxygen atoms in total. The van der Waals surface area contributed by atoms with Crippen molar-refractivity contribution in [3.8, 4) is 0 Å². The second kappa shape index (κ2) is 9.05. The molecule has 2 atom stereocenters. The number of carbonyl (C=O) groups is 2. The lowest BCUT2D eigenvalue weighted by molar-refractivity contribution is -0.387. The van der Waals surface area contributed by atoms with Gasteiger partial charge in [0.05, 0.1) is 22.6 Å². The number of halogens is 2. The van der Waals surface area contributed by atoms with Gasteiger partial charge in [-0.25, -0.2) is 0 Å². The molecule has 4 rings (SSSR count). The largest absolute Gasteiger partial charge is 0.344 e. The van der Waals surface area contributed by atoms with Gasteiger partial charge in [0.25, 0.3) is 0 Å². The van der Waals surface area contributed by atoms with Crippen LogP contribution in [0.1, 0.15) is 22.9 Å². The van der Waals surface area contributed by atoms with E-state index in [2.05, 4.69) is 5.32 Å². The highest BCUT2D eigenvalue weighted by atomic mass is 35.5. The highest BCUT2D eigenvalue weighted by Gasteiger charge is 2.37. The molecule has 32 heavy (non-hydrogen) atoms. The van der Waals surface area contributed by atoms with Crippen molar-refractivity contribution in [1.82, 2.24) is 5.32 Å². The number of anilines is 1. The standard InChI is InChI=1S/C22H17ClFN3O4S/c23-15-5-3-13(4-6-15)21(19-2-1-9-32-19)25-22(29)14-10-20(28)26(12-14)16-7-8-17(24)18(11-16)27(30)31/h1-9,11,14,21H,10,12H2,(H,25,29). The van der Waals surface area contributed by atoms with Crippen LogP contribution in [0.15, 0.2) is 60.0 Å². The summed E-state index contributed by atoms with van der Waals surface area (Å²) in [6.07, 6.45) is -0.0468. The number of nitro groups is 1. The highest BCUT2D eigenvalue weighted by Crippen LogP contribution is 2.31. The van der Waals surface area contributed by atoms with Crippen molar-refractivity contribution in [2.75, 3.05) is 11.4 Å². The molecule has 10 heteroatoms. The van der Waals surface area contributed by atoms with E-state index in [0.717, 1.165) is 22.6 Å². The van der Waals surface area contributed by atoms with Crippen molar-refractivity contribution in [1.29, 1.82) is 0 Å². The Balaban J connectivity index is 1.53. The zero-order chi connectivity index (χ0) is 22.8. The number of nitrogens with zero attached hydrogens (tertiary/aromatic N) is 2. The first-order valence-corrected chi connectivity index (χ1v) is 10.9. The molecule has 0 spiro atoms. The minimum absolute atomic E-state index is 0.0468. The Labute approximate surface area is 191 Å². The molecule has 1 N–H and O–H groups in total. The van der Waals surface area contributed by atoms with Crippen LogP contribution >= 0.6 is 22.9 Å². The van der Waals surface area contributed by atoms with Crippen molar-refractivity contribution in [2.24, 2.45) is 5.92 Å². The van der Waals surface area contributed by atoms with Crippen LogP contribution in [0.25, 0.3) is 0 Å². The van der Waals surface area contributed by atoms with Crippen molar-refractivity contribution in [2.45, 2.75) is 12.5 Å². The fourth-order valence-corrected chi connectivity index (χ4v) is 4.56. The van der Waals surface area contributed by atoms with E-state index in [1.807, 2.05) is 29.6 Å². The van der Waals surface area contributed by atoms with Gasteiger partial charge in [-0.2, -0.15) is 4.39 Å². The minimum atomic E-state index is -0.985. The number of hydrogen-bond donors (Lipinski definition) is 1. The summed E-state index contributed by atoms with van der Waals surface area (Å²) in [6.45, 7) is 0.0469. The topological polar surface area (TPSA) is 92.6 Å². The van der Waals surface area contributed by atoms with E-state index in [1.54, 1.807) is 12.1 Å². The molecule has 1 aromatic heterocycles. The minimum Gasteiger partial charge on any atom is -0.344 e. The lowest BCUT2D eigenvalue weighted by Gasteiger charge is -2.21. The molecule has 2 amide bonds. The maximum absolute atomic E-state index is 13.7. The zero-order valence-corrected chi connectivity index (χ0v) is 18.1. The Bertz CT molecular complexity index is 1170. The lowest BCUT2D eigenvalue weighted by atomic mass is 10.0. The van der Waals surface area contributed by atoms with Gasteiger partial charge in [0, 0.05) is 28.9 Å². The average Bonchev–Trinajstić information content (AvgIpc) is 3.43. The summed E-state index contributed by atoms with van der Waals surface area (Å²) in [5.74, 6) is -2.31. The molecule has 0 aliphatic carbocycles.